The average Bonchev–Trinajstić information content (AvgIpc) is 2.77. The van der Waals surface area contributed by atoms with E-state index in [1.54, 1.807) is 50.4 Å². The van der Waals surface area contributed by atoms with Crippen LogP contribution in [0.4, 0.5) is 15.8 Å². The number of nitrogens with zero attached hydrogens (tertiary/aromatic N) is 3. The molecule has 4 rings (SSSR count). The number of benzene rings is 3. The Bertz CT molecular complexity index is 1310. The van der Waals surface area contributed by atoms with Crippen molar-refractivity contribution in [2.24, 2.45) is 10.2 Å². The molecule has 6 nitrogen and oxygen atoms in total. The largest absolute Gasteiger partial charge is 0.507 e. The van der Waals surface area contributed by atoms with Crippen molar-refractivity contribution in [3.05, 3.63) is 89.4 Å². The van der Waals surface area contributed by atoms with Crippen molar-refractivity contribution in [2.75, 3.05) is 0 Å². The number of hydrogen-bond acceptors (Lipinski definition) is 6. The summed E-state index contributed by atoms with van der Waals surface area (Å²) in [5.74, 6) is -1.31. The highest BCUT2D eigenvalue weighted by Gasteiger charge is 2.15. The van der Waals surface area contributed by atoms with Gasteiger partial charge in [-0.2, -0.15) is 5.11 Å². The van der Waals surface area contributed by atoms with Crippen LogP contribution in [0.2, 0.25) is 0 Å². The van der Waals surface area contributed by atoms with Crippen molar-refractivity contribution in [1.82, 2.24) is 4.98 Å². The molecule has 1 N–H and O–H groups in total. The third-order valence-electron chi connectivity index (χ3n) is 4.72. The minimum Gasteiger partial charge on any atom is -0.507 e. The molecule has 0 saturated heterocycles. The number of phenols is 1. The van der Waals surface area contributed by atoms with Gasteiger partial charge in [-0.05, 0) is 73.5 Å². The van der Waals surface area contributed by atoms with Crippen molar-refractivity contribution < 1.29 is 19.0 Å². The molecule has 0 radical (unpaired) electrons. The standard InChI is InChI=1S/C24H18FN3O3/c1-14-10-17(11-15(2)23(14)29)27-28-21-13-16(12-20-18(21)6-5-9-26-20)24(30)31-22-8-4-3-7-19(22)25/h3-13,29H,1-2H3/b28-27+. The van der Waals surface area contributed by atoms with Crippen molar-refractivity contribution in [2.45, 2.75) is 13.8 Å². The number of pyridine rings is 1. The summed E-state index contributed by atoms with van der Waals surface area (Å²) in [7, 11) is 0. The molecule has 0 bridgehead atoms. The van der Waals surface area contributed by atoms with E-state index in [1.807, 2.05) is 6.07 Å². The molecule has 0 fully saturated rings. The zero-order chi connectivity index (χ0) is 22.0. The van der Waals surface area contributed by atoms with Gasteiger partial charge in [0.05, 0.1) is 22.5 Å². The number of carbonyl (C=O) groups excluding carboxylic acids is 1. The molecule has 0 unspecified atom stereocenters. The Balaban J connectivity index is 1.73. The molecule has 0 aliphatic heterocycles. The van der Waals surface area contributed by atoms with Gasteiger partial charge in [0, 0.05) is 11.6 Å². The van der Waals surface area contributed by atoms with Crippen molar-refractivity contribution in [3.63, 3.8) is 0 Å². The lowest BCUT2D eigenvalue weighted by Crippen LogP contribution is -2.09. The van der Waals surface area contributed by atoms with E-state index < -0.39 is 11.8 Å². The number of aryl methyl sites for hydroxylation is 2. The summed E-state index contributed by atoms with van der Waals surface area (Å²) < 4.78 is 19.1. The maximum atomic E-state index is 13.9. The Morgan fingerprint density at radius 1 is 1.00 bits per heavy atom. The van der Waals surface area contributed by atoms with E-state index in [4.69, 9.17) is 4.74 Å². The van der Waals surface area contributed by atoms with E-state index in [-0.39, 0.29) is 17.1 Å². The first kappa shape index (κ1) is 20.2. The summed E-state index contributed by atoms with van der Waals surface area (Å²) in [5.41, 5.74) is 3.03. The summed E-state index contributed by atoms with van der Waals surface area (Å²) in [4.78, 5) is 16.9. The quantitative estimate of drug-likeness (QED) is 0.240. The first-order chi connectivity index (χ1) is 14.9. The van der Waals surface area contributed by atoms with Gasteiger partial charge in [0.1, 0.15) is 5.75 Å². The van der Waals surface area contributed by atoms with Gasteiger partial charge < -0.3 is 9.84 Å². The fourth-order valence-electron chi connectivity index (χ4n) is 3.15. The average molecular weight is 415 g/mol. The van der Waals surface area contributed by atoms with Gasteiger partial charge in [0.2, 0.25) is 0 Å². The van der Waals surface area contributed by atoms with Crippen molar-refractivity contribution in [1.29, 1.82) is 0 Å². The minimum atomic E-state index is -0.731. The highest BCUT2D eigenvalue weighted by molar-refractivity contribution is 6.00. The van der Waals surface area contributed by atoms with E-state index >= 15 is 0 Å². The van der Waals surface area contributed by atoms with E-state index in [0.29, 0.717) is 33.4 Å². The number of hydrogen-bond donors (Lipinski definition) is 1. The van der Waals surface area contributed by atoms with Crippen LogP contribution in [-0.2, 0) is 0 Å². The SMILES string of the molecule is Cc1cc(/N=N/c2cc(C(=O)Oc3ccccc3F)cc3ncccc23)cc(C)c1O. The number of esters is 1. The van der Waals surface area contributed by atoms with Crippen LogP contribution in [0.3, 0.4) is 0 Å². The van der Waals surface area contributed by atoms with Crippen LogP contribution in [0.15, 0.2) is 77.1 Å². The smallest absolute Gasteiger partial charge is 0.343 e. The molecule has 154 valence electrons. The Morgan fingerprint density at radius 3 is 2.48 bits per heavy atom. The Labute approximate surface area is 177 Å². The molecule has 0 atom stereocenters. The Morgan fingerprint density at radius 2 is 1.74 bits per heavy atom. The van der Waals surface area contributed by atoms with Crippen LogP contribution < -0.4 is 4.74 Å². The van der Waals surface area contributed by atoms with Gasteiger partial charge in [0.25, 0.3) is 0 Å². The van der Waals surface area contributed by atoms with Crippen LogP contribution in [0.5, 0.6) is 11.5 Å². The molecule has 0 spiro atoms. The molecule has 3 aromatic carbocycles. The van der Waals surface area contributed by atoms with Gasteiger partial charge in [-0.25, -0.2) is 9.18 Å². The molecule has 4 aromatic rings. The summed E-state index contributed by atoms with van der Waals surface area (Å²) in [6, 6.07) is 15.8. The predicted molar refractivity (Wildman–Crippen MR) is 115 cm³/mol. The van der Waals surface area contributed by atoms with E-state index in [0.717, 1.165) is 0 Å². The van der Waals surface area contributed by atoms with Crippen molar-refractivity contribution in [3.8, 4) is 11.5 Å². The molecule has 0 amide bonds. The van der Waals surface area contributed by atoms with Crippen LogP contribution in [0.1, 0.15) is 21.5 Å². The van der Waals surface area contributed by atoms with Crippen LogP contribution >= 0.6 is 0 Å². The number of aromatic hydroxyl groups is 1. The maximum absolute atomic E-state index is 13.9. The maximum Gasteiger partial charge on any atom is 0.343 e. The van der Waals surface area contributed by atoms with Gasteiger partial charge in [-0.1, -0.05) is 12.1 Å². The van der Waals surface area contributed by atoms with E-state index in [1.165, 1.54) is 24.3 Å². The lowest BCUT2D eigenvalue weighted by Gasteiger charge is -2.08. The molecule has 1 aromatic heterocycles. The molecule has 7 heteroatoms. The third kappa shape index (κ3) is 4.25. The predicted octanol–water partition coefficient (Wildman–Crippen LogP) is 6.33. The zero-order valence-corrected chi connectivity index (χ0v) is 16.8. The molecule has 0 aliphatic rings. The Hall–Kier alpha value is -4.13. The summed E-state index contributed by atoms with van der Waals surface area (Å²) in [6.07, 6.45) is 1.60. The van der Waals surface area contributed by atoms with Crippen LogP contribution in [0, 0.1) is 19.7 Å². The number of para-hydroxylation sites is 1. The Kier molecular flexibility index (Phi) is 5.41. The highest BCUT2D eigenvalue weighted by atomic mass is 19.1. The zero-order valence-electron chi connectivity index (χ0n) is 16.8. The first-order valence-corrected chi connectivity index (χ1v) is 9.50. The molecular weight excluding hydrogens is 397 g/mol. The lowest BCUT2D eigenvalue weighted by molar-refractivity contribution is 0.0728. The van der Waals surface area contributed by atoms with Crippen molar-refractivity contribution >= 4 is 28.2 Å². The topological polar surface area (TPSA) is 84.1 Å². The third-order valence-corrected chi connectivity index (χ3v) is 4.72. The number of ether oxygens (including phenoxy) is 1. The number of aromatic nitrogens is 1. The number of phenolic OH excluding ortho intramolecular Hbond substituents is 1. The molecular formula is C24H18FN3O3. The molecule has 1 heterocycles. The summed E-state index contributed by atoms with van der Waals surface area (Å²) >= 11 is 0. The fraction of sp³-hybridized carbons (Fsp3) is 0.0833. The second kappa shape index (κ2) is 8.31. The fourth-order valence-corrected chi connectivity index (χ4v) is 3.15. The molecule has 0 saturated carbocycles. The van der Waals surface area contributed by atoms with Gasteiger partial charge in [-0.3, -0.25) is 4.98 Å². The van der Waals surface area contributed by atoms with Crippen LogP contribution in [-0.4, -0.2) is 16.1 Å². The number of fused-ring (bicyclic) bond motifs is 1. The monoisotopic (exact) mass is 415 g/mol. The molecule has 0 aliphatic carbocycles. The molecule has 31 heavy (non-hydrogen) atoms. The van der Waals surface area contributed by atoms with E-state index in [9.17, 15) is 14.3 Å². The normalized spacial score (nSPS) is 11.2. The highest BCUT2D eigenvalue weighted by Crippen LogP contribution is 2.31. The van der Waals surface area contributed by atoms with Gasteiger partial charge in [-0.15, -0.1) is 5.11 Å². The second-order valence-corrected chi connectivity index (χ2v) is 7.01. The minimum absolute atomic E-state index is 0.160. The summed E-state index contributed by atoms with van der Waals surface area (Å²) in [6.45, 7) is 3.56. The number of azo groups is 1. The first-order valence-electron chi connectivity index (χ1n) is 9.50. The second-order valence-electron chi connectivity index (χ2n) is 7.01. The number of halogens is 1. The van der Waals surface area contributed by atoms with Gasteiger partial charge in [0.15, 0.2) is 11.6 Å². The van der Waals surface area contributed by atoms with E-state index in [2.05, 4.69) is 15.2 Å². The van der Waals surface area contributed by atoms with Gasteiger partial charge >= 0.3 is 5.97 Å². The van der Waals surface area contributed by atoms with Crippen LogP contribution in [0.25, 0.3) is 10.9 Å². The number of carbonyl (C=O) groups is 1. The summed E-state index contributed by atoms with van der Waals surface area (Å²) in [5, 5.41) is 19.2. The number of rotatable bonds is 4. The lowest BCUT2D eigenvalue weighted by atomic mass is 10.1.